The Hall–Kier alpha value is -1.59. The summed E-state index contributed by atoms with van der Waals surface area (Å²) < 4.78 is 7.56. The van der Waals surface area contributed by atoms with Gasteiger partial charge < -0.3 is 8.98 Å². The van der Waals surface area contributed by atoms with E-state index in [0.29, 0.717) is 6.42 Å². The predicted molar refractivity (Wildman–Crippen MR) is 65.1 cm³/mol. The van der Waals surface area contributed by atoms with Crippen LogP contribution in [0.15, 0.2) is 29.1 Å². The van der Waals surface area contributed by atoms with Crippen LogP contribution in [0.1, 0.15) is 30.1 Å². The largest absolute Gasteiger partial charge is 0.467 e. The molecule has 17 heavy (non-hydrogen) atoms. The summed E-state index contributed by atoms with van der Waals surface area (Å²) in [5.41, 5.74) is 3.89. The van der Waals surface area contributed by atoms with Crippen molar-refractivity contribution >= 4 is 0 Å². The average Bonchev–Trinajstić information content (AvgIpc) is 2.94. The fourth-order valence-electron chi connectivity index (χ4n) is 1.97. The SMILES string of the molecule is CCn1ccnc1CC(NN)c1occc1C. The summed E-state index contributed by atoms with van der Waals surface area (Å²) in [5, 5.41) is 0. The Labute approximate surface area is 101 Å². The van der Waals surface area contributed by atoms with E-state index in [2.05, 4.69) is 21.9 Å². The van der Waals surface area contributed by atoms with Crippen LogP contribution >= 0.6 is 0 Å². The average molecular weight is 234 g/mol. The number of aryl methyl sites for hydroxylation is 2. The minimum atomic E-state index is -0.0438. The molecule has 0 fully saturated rings. The Morgan fingerprint density at radius 1 is 1.59 bits per heavy atom. The first kappa shape index (κ1) is 11.9. The molecule has 0 bridgehead atoms. The molecule has 0 saturated carbocycles. The normalized spacial score (nSPS) is 12.9. The number of hydrazine groups is 1. The molecule has 5 heteroatoms. The summed E-state index contributed by atoms with van der Waals surface area (Å²) in [7, 11) is 0. The summed E-state index contributed by atoms with van der Waals surface area (Å²) in [6.45, 7) is 5.01. The molecule has 92 valence electrons. The Morgan fingerprint density at radius 2 is 2.41 bits per heavy atom. The minimum Gasteiger partial charge on any atom is -0.467 e. The molecule has 0 aliphatic heterocycles. The number of aromatic nitrogens is 2. The zero-order valence-corrected chi connectivity index (χ0v) is 10.2. The zero-order chi connectivity index (χ0) is 12.3. The van der Waals surface area contributed by atoms with Crippen molar-refractivity contribution in [3.63, 3.8) is 0 Å². The summed E-state index contributed by atoms with van der Waals surface area (Å²) in [6, 6.07) is 1.89. The van der Waals surface area contributed by atoms with Gasteiger partial charge in [0.2, 0.25) is 0 Å². The van der Waals surface area contributed by atoms with Crippen molar-refractivity contribution in [1.82, 2.24) is 15.0 Å². The van der Waals surface area contributed by atoms with Gasteiger partial charge in [-0.3, -0.25) is 5.84 Å². The maximum absolute atomic E-state index is 5.59. The number of hydrogen-bond acceptors (Lipinski definition) is 4. The van der Waals surface area contributed by atoms with E-state index in [0.717, 1.165) is 23.7 Å². The Morgan fingerprint density at radius 3 is 3.00 bits per heavy atom. The second-order valence-corrected chi connectivity index (χ2v) is 4.02. The van der Waals surface area contributed by atoms with Crippen LogP contribution in [0.4, 0.5) is 0 Å². The van der Waals surface area contributed by atoms with Crippen LogP contribution in [-0.4, -0.2) is 9.55 Å². The van der Waals surface area contributed by atoms with Crippen molar-refractivity contribution in [2.75, 3.05) is 0 Å². The summed E-state index contributed by atoms with van der Waals surface area (Å²) in [6.07, 6.45) is 6.17. The van der Waals surface area contributed by atoms with Gasteiger partial charge in [-0.25, -0.2) is 10.4 Å². The van der Waals surface area contributed by atoms with Gasteiger partial charge in [0.25, 0.3) is 0 Å². The van der Waals surface area contributed by atoms with Crippen LogP contribution in [0.5, 0.6) is 0 Å². The van der Waals surface area contributed by atoms with Gasteiger partial charge in [-0.05, 0) is 25.5 Å². The molecule has 2 rings (SSSR count). The van der Waals surface area contributed by atoms with Gasteiger partial charge in [0.1, 0.15) is 11.6 Å². The van der Waals surface area contributed by atoms with Crippen LogP contribution in [0.2, 0.25) is 0 Å². The van der Waals surface area contributed by atoms with E-state index in [1.165, 1.54) is 0 Å². The molecule has 5 nitrogen and oxygen atoms in total. The first-order valence-electron chi connectivity index (χ1n) is 5.76. The molecule has 0 aliphatic carbocycles. The number of furan rings is 1. The molecule has 0 spiro atoms. The molecule has 2 aromatic rings. The Kier molecular flexibility index (Phi) is 3.61. The van der Waals surface area contributed by atoms with Gasteiger partial charge in [0, 0.05) is 25.4 Å². The van der Waals surface area contributed by atoms with Crippen LogP contribution in [0.25, 0.3) is 0 Å². The van der Waals surface area contributed by atoms with E-state index in [1.54, 1.807) is 12.5 Å². The lowest BCUT2D eigenvalue weighted by atomic mass is 10.1. The molecule has 2 aromatic heterocycles. The maximum Gasteiger partial charge on any atom is 0.125 e. The second kappa shape index (κ2) is 5.16. The quantitative estimate of drug-likeness (QED) is 0.608. The van der Waals surface area contributed by atoms with E-state index in [1.807, 2.05) is 19.2 Å². The van der Waals surface area contributed by atoms with Crippen LogP contribution in [-0.2, 0) is 13.0 Å². The lowest BCUT2D eigenvalue weighted by Crippen LogP contribution is -2.30. The molecule has 3 N–H and O–H groups in total. The predicted octanol–water partition coefficient (Wildman–Crippen LogP) is 1.55. The molecular weight excluding hydrogens is 216 g/mol. The Balaban J connectivity index is 2.19. The van der Waals surface area contributed by atoms with Gasteiger partial charge in [0.05, 0.1) is 12.3 Å². The smallest absolute Gasteiger partial charge is 0.125 e. The van der Waals surface area contributed by atoms with Crippen molar-refractivity contribution in [2.24, 2.45) is 5.84 Å². The first-order chi connectivity index (χ1) is 8.26. The highest BCUT2D eigenvalue weighted by Crippen LogP contribution is 2.21. The number of nitrogens with two attached hydrogens (primary N) is 1. The van der Waals surface area contributed by atoms with E-state index in [4.69, 9.17) is 10.3 Å². The summed E-state index contributed by atoms with van der Waals surface area (Å²) >= 11 is 0. The molecular formula is C12H18N4O. The fraction of sp³-hybridized carbons (Fsp3) is 0.417. The van der Waals surface area contributed by atoms with Gasteiger partial charge >= 0.3 is 0 Å². The zero-order valence-electron chi connectivity index (χ0n) is 10.2. The highest BCUT2D eigenvalue weighted by Gasteiger charge is 2.18. The number of rotatable bonds is 5. The van der Waals surface area contributed by atoms with E-state index < -0.39 is 0 Å². The van der Waals surface area contributed by atoms with Gasteiger partial charge in [-0.15, -0.1) is 0 Å². The third-order valence-corrected chi connectivity index (χ3v) is 2.95. The summed E-state index contributed by atoms with van der Waals surface area (Å²) in [5.74, 6) is 7.47. The monoisotopic (exact) mass is 234 g/mol. The first-order valence-corrected chi connectivity index (χ1v) is 5.76. The van der Waals surface area contributed by atoms with Crippen molar-refractivity contribution in [3.05, 3.63) is 41.9 Å². The molecule has 0 radical (unpaired) electrons. The standard InChI is InChI=1S/C12H18N4O/c1-3-16-6-5-14-11(16)8-10(15-13)12-9(2)4-7-17-12/h4-7,10,15H,3,8,13H2,1-2H3. The molecule has 2 heterocycles. The lowest BCUT2D eigenvalue weighted by molar-refractivity contribution is 0.405. The van der Waals surface area contributed by atoms with Crippen molar-refractivity contribution in [2.45, 2.75) is 32.9 Å². The number of nitrogens with zero attached hydrogens (tertiary/aromatic N) is 2. The molecule has 0 aromatic carbocycles. The molecule has 0 saturated heterocycles. The highest BCUT2D eigenvalue weighted by molar-refractivity contribution is 5.19. The Bertz CT molecular complexity index is 474. The number of imidazole rings is 1. The minimum absolute atomic E-state index is 0.0438. The van der Waals surface area contributed by atoms with Crippen molar-refractivity contribution in [1.29, 1.82) is 0 Å². The highest BCUT2D eigenvalue weighted by atomic mass is 16.3. The van der Waals surface area contributed by atoms with Gasteiger partial charge in [0.15, 0.2) is 0 Å². The van der Waals surface area contributed by atoms with Crippen molar-refractivity contribution < 1.29 is 4.42 Å². The van der Waals surface area contributed by atoms with E-state index in [9.17, 15) is 0 Å². The topological polar surface area (TPSA) is 69.0 Å². The fourth-order valence-corrected chi connectivity index (χ4v) is 1.97. The summed E-state index contributed by atoms with van der Waals surface area (Å²) in [4.78, 5) is 4.34. The molecule has 0 aliphatic rings. The maximum atomic E-state index is 5.59. The molecule has 1 atom stereocenters. The number of nitrogens with one attached hydrogen (secondary N) is 1. The van der Waals surface area contributed by atoms with Crippen LogP contribution in [0, 0.1) is 6.92 Å². The third kappa shape index (κ3) is 2.40. The van der Waals surface area contributed by atoms with Crippen molar-refractivity contribution in [3.8, 4) is 0 Å². The van der Waals surface area contributed by atoms with E-state index in [-0.39, 0.29) is 6.04 Å². The lowest BCUT2D eigenvalue weighted by Gasteiger charge is -2.14. The van der Waals surface area contributed by atoms with Crippen LogP contribution < -0.4 is 11.3 Å². The third-order valence-electron chi connectivity index (χ3n) is 2.95. The number of hydrogen-bond donors (Lipinski definition) is 2. The van der Waals surface area contributed by atoms with Crippen LogP contribution in [0.3, 0.4) is 0 Å². The van der Waals surface area contributed by atoms with Gasteiger partial charge in [-0.1, -0.05) is 0 Å². The molecule has 1 unspecified atom stereocenters. The molecule has 0 amide bonds. The second-order valence-electron chi connectivity index (χ2n) is 4.02. The van der Waals surface area contributed by atoms with Gasteiger partial charge in [-0.2, -0.15) is 0 Å². The van der Waals surface area contributed by atoms with E-state index >= 15 is 0 Å².